The molecule has 0 unspecified atom stereocenters. The fourth-order valence-electron chi connectivity index (χ4n) is 1.18. The van der Waals surface area contributed by atoms with Crippen LogP contribution >= 0.6 is 0 Å². The molecule has 0 fully saturated rings. The van der Waals surface area contributed by atoms with Crippen LogP contribution in [0.4, 0.5) is 4.79 Å². The summed E-state index contributed by atoms with van der Waals surface area (Å²) >= 11 is 0. The Bertz CT molecular complexity index is 287. The minimum Gasteiger partial charge on any atom is -0.480 e. The van der Waals surface area contributed by atoms with Crippen molar-refractivity contribution in [3.8, 4) is 0 Å². The van der Waals surface area contributed by atoms with E-state index in [1.54, 1.807) is 20.8 Å². The van der Waals surface area contributed by atoms with Crippen molar-refractivity contribution in [2.45, 2.75) is 47.6 Å². The zero-order valence-corrected chi connectivity index (χ0v) is 11.5. The number of rotatable bonds is 3. The van der Waals surface area contributed by atoms with E-state index in [4.69, 9.17) is 5.11 Å². The Kier molecular flexibility index (Phi) is 4.98. The summed E-state index contributed by atoms with van der Waals surface area (Å²) in [5, 5.41) is 14.2. The largest absolute Gasteiger partial charge is 0.480 e. The smallest absolute Gasteiger partial charge is 0.326 e. The maximum Gasteiger partial charge on any atom is 0.326 e. The fraction of sp³-hybridized carbons (Fsp3) is 0.833. The first kappa shape index (κ1) is 15.7. The number of carboxylic acid groups (broad SMARTS) is 1. The van der Waals surface area contributed by atoms with Gasteiger partial charge in [-0.3, -0.25) is 0 Å². The van der Waals surface area contributed by atoms with E-state index in [-0.39, 0.29) is 5.41 Å². The zero-order valence-electron chi connectivity index (χ0n) is 11.5. The van der Waals surface area contributed by atoms with Crippen molar-refractivity contribution in [3.05, 3.63) is 0 Å². The summed E-state index contributed by atoms with van der Waals surface area (Å²) in [7, 11) is 0. The number of carboxylic acids is 1. The van der Waals surface area contributed by atoms with Gasteiger partial charge in [0.15, 0.2) is 0 Å². The third-order valence-electron chi connectivity index (χ3n) is 2.17. The van der Waals surface area contributed by atoms with Crippen LogP contribution in [0, 0.1) is 10.8 Å². The molecule has 17 heavy (non-hydrogen) atoms. The normalized spacial score (nSPS) is 14.0. The average Bonchev–Trinajstić information content (AvgIpc) is 2.07. The lowest BCUT2D eigenvalue weighted by molar-refractivity contribution is -0.141. The molecule has 0 radical (unpaired) electrons. The second-order valence-corrected chi connectivity index (χ2v) is 6.52. The Morgan fingerprint density at radius 3 is 1.88 bits per heavy atom. The topological polar surface area (TPSA) is 78.4 Å². The number of hydrogen-bond acceptors (Lipinski definition) is 2. The summed E-state index contributed by atoms with van der Waals surface area (Å²) in [4.78, 5) is 22.6. The molecule has 0 aromatic heterocycles. The number of carbonyl (C=O) groups is 2. The van der Waals surface area contributed by atoms with Gasteiger partial charge >= 0.3 is 12.0 Å². The van der Waals surface area contributed by atoms with Gasteiger partial charge in [0.1, 0.15) is 6.04 Å². The molecule has 0 rings (SSSR count). The SMILES string of the molecule is CC(C)(C)CNC(=O)N[C@@H](C(=O)O)C(C)(C)C. The van der Waals surface area contributed by atoms with Crippen molar-refractivity contribution in [3.63, 3.8) is 0 Å². The van der Waals surface area contributed by atoms with Gasteiger partial charge in [0.25, 0.3) is 0 Å². The summed E-state index contributed by atoms with van der Waals surface area (Å²) in [6.07, 6.45) is 0. The molecule has 0 aliphatic carbocycles. The molecule has 3 N–H and O–H groups in total. The van der Waals surface area contributed by atoms with Gasteiger partial charge < -0.3 is 15.7 Å². The van der Waals surface area contributed by atoms with Crippen LogP contribution in [0.1, 0.15) is 41.5 Å². The van der Waals surface area contributed by atoms with Crippen LogP contribution in [0.5, 0.6) is 0 Å². The maximum atomic E-state index is 11.6. The molecule has 5 nitrogen and oxygen atoms in total. The van der Waals surface area contributed by atoms with Crippen molar-refractivity contribution in [2.75, 3.05) is 6.54 Å². The molecule has 0 saturated heterocycles. The van der Waals surface area contributed by atoms with Crippen LogP contribution < -0.4 is 10.6 Å². The number of amides is 2. The number of urea groups is 1. The second kappa shape index (κ2) is 5.38. The molecule has 0 aliphatic heterocycles. The Morgan fingerprint density at radius 1 is 1.12 bits per heavy atom. The molecule has 0 spiro atoms. The standard InChI is InChI=1S/C12H24N2O3/c1-11(2,3)7-13-10(17)14-8(9(15)16)12(4,5)6/h8H,7H2,1-6H3,(H,15,16)(H2,13,14,17)/t8-/m0/s1. The van der Waals surface area contributed by atoms with Crippen molar-refractivity contribution < 1.29 is 14.7 Å². The molecule has 0 aliphatic rings. The van der Waals surface area contributed by atoms with Gasteiger partial charge in [0.2, 0.25) is 0 Å². The highest BCUT2D eigenvalue weighted by Crippen LogP contribution is 2.19. The van der Waals surface area contributed by atoms with Crippen LogP contribution in [0.2, 0.25) is 0 Å². The van der Waals surface area contributed by atoms with Crippen LogP contribution in [0.3, 0.4) is 0 Å². The molecule has 2 amide bonds. The monoisotopic (exact) mass is 244 g/mol. The third-order valence-corrected chi connectivity index (χ3v) is 2.17. The highest BCUT2D eigenvalue weighted by atomic mass is 16.4. The quantitative estimate of drug-likeness (QED) is 0.708. The van der Waals surface area contributed by atoms with Crippen molar-refractivity contribution in [1.29, 1.82) is 0 Å². The van der Waals surface area contributed by atoms with E-state index >= 15 is 0 Å². The molecular formula is C12H24N2O3. The molecule has 0 aromatic rings. The Hall–Kier alpha value is -1.26. The van der Waals surface area contributed by atoms with Gasteiger partial charge in [-0.2, -0.15) is 0 Å². The van der Waals surface area contributed by atoms with E-state index in [9.17, 15) is 9.59 Å². The summed E-state index contributed by atoms with van der Waals surface area (Å²) in [6.45, 7) is 11.8. The van der Waals surface area contributed by atoms with Crippen LogP contribution in [0.25, 0.3) is 0 Å². The number of aliphatic carboxylic acids is 1. The van der Waals surface area contributed by atoms with Gasteiger partial charge in [-0.25, -0.2) is 9.59 Å². The average molecular weight is 244 g/mol. The lowest BCUT2D eigenvalue weighted by Gasteiger charge is -2.28. The Labute approximate surface area is 103 Å². The second-order valence-electron chi connectivity index (χ2n) is 6.52. The molecular weight excluding hydrogens is 220 g/mol. The maximum absolute atomic E-state index is 11.6. The molecule has 100 valence electrons. The van der Waals surface area contributed by atoms with Crippen LogP contribution in [0.15, 0.2) is 0 Å². The number of nitrogens with one attached hydrogen (secondary N) is 2. The van der Waals surface area contributed by atoms with Gasteiger partial charge in [-0.15, -0.1) is 0 Å². The lowest BCUT2D eigenvalue weighted by Crippen LogP contribution is -2.53. The molecule has 0 saturated carbocycles. The minimum atomic E-state index is -1.02. The highest BCUT2D eigenvalue weighted by Gasteiger charge is 2.32. The first-order valence-electron chi connectivity index (χ1n) is 5.70. The van der Waals surface area contributed by atoms with Crippen molar-refractivity contribution in [2.24, 2.45) is 10.8 Å². The summed E-state index contributed by atoms with van der Waals surface area (Å²) in [5.41, 5.74) is -0.553. The third kappa shape index (κ3) is 6.81. The Morgan fingerprint density at radius 2 is 1.59 bits per heavy atom. The summed E-state index contributed by atoms with van der Waals surface area (Å²) in [6, 6.07) is -1.34. The van der Waals surface area contributed by atoms with Crippen molar-refractivity contribution in [1.82, 2.24) is 10.6 Å². The predicted molar refractivity (Wildman–Crippen MR) is 66.9 cm³/mol. The van der Waals surface area contributed by atoms with Crippen LogP contribution in [-0.2, 0) is 4.79 Å². The molecule has 5 heteroatoms. The van der Waals surface area contributed by atoms with Gasteiger partial charge in [0.05, 0.1) is 0 Å². The molecule has 0 heterocycles. The van der Waals surface area contributed by atoms with E-state index < -0.39 is 23.5 Å². The predicted octanol–water partition coefficient (Wildman–Crippen LogP) is 1.83. The van der Waals surface area contributed by atoms with E-state index in [0.29, 0.717) is 6.54 Å². The van der Waals surface area contributed by atoms with Gasteiger partial charge in [0, 0.05) is 6.54 Å². The van der Waals surface area contributed by atoms with Crippen LogP contribution in [-0.4, -0.2) is 29.7 Å². The minimum absolute atomic E-state index is 0.0300. The highest BCUT2D eigenvalue weighted by molar-refractivity contribution is 5.83. The van der Waals surface area contributed by atoms with Crippen molar-refractivity contribution >= 4 is 12.0 Å². The number of hydrogen-bond donors (Lipinski definition) is 3. The summed E-state index contributed by atoms with van der Waals surface area (Å²) < 4.78 is 0. The van der Waals surface area contributed by atoms with Gasteiger partial charge in [-0.05, 0) is 10.8 Å². The number of carbonyl (C=O) groups excluding carboxylic acids is 1. The molecule has 0 bridgehead atoms. The molecule has 0 aromatic carbocycles. The van der Waals surface area contributed by atoms with E-state index in [0.717, 1.165) is 0 Å². The van der Waals surface area contributed by atoms with E-state index in [1.165, 1.54) is 0 Å². The van der Waals surface area contributed by atoms with E-state index in [2.05, 4.69) is 10.6 Å². The van der Waals surface area contributed by atoms with E-state index in [1.807, 2.05) is 20.8 Å². The summed E-state index contributed by atoms with van der Waals surface area (Å²) in [5.74, 6) is -1.02. The first-order valence-corrected chi connectivity index (χ1v) is 5.70. The first-order chi connectivity index (χ1) is 7.43. The Balaban J connectivity index is 4.39. The fourth-order valence-corrected chi connectivity index (χ4v) is 1.18. The van der Waals surface area contributed by atoms with Gasteiger partial charge in [-0.1, -0.05) is 41.5 Å². The zero-order chi connectivity index (χ0) is 13.9. The lowest BCUT2D eigenvalue weighted by atomic mass is 9.87. The molecule has 1 atom stereocenters.